The van der Waals surface area contributed by atoms with E-state index in [1.165, 1.54) is 69.2 Å². The second-order valence-corrected chi connectivity index (χ2v) is 22.9. The summed E-state index contributed by atoms with van der Waals surface area (Å²) in [7, 11) is 0. The number of unbranched alkanes of at least 4 members (excludes halogenated alkanes) is 1. The molecular formula is C58H96N22O23. The van der Waals surface area contributed by atoms with E-state index in [0.29, 0.717) is 12.8 Å². The lowest BCUT2D eigenvalue weighted by Crippen LogP contribution is -2.54. The predicted octanol–water partition coefficient (Wildman–Crippen LogP) is -14.1. The molecule has 45 nitrogen and oxygen atoms in total. The molecule has 45 heteroatoms. The SMILES string of the molecule is CCCC[C@H](NC(=O)CN)C(=O)NCC(=O)N[C@@H](C)C(=O)NCC(=O)N[C@@H](C)C(=O)NCC(=O)N[C@@H](C)C(=O)NCC(=O)N[C@@H](C)C(=O)NCC(=O)N[C@@H](C)C(=O)NCC(=O)N[C@@H](C)C(=O)NCC(=O)N[C@@H](C)C(=O)NCC(=O)N[C@@H](C)C(=O)NCC(=O)N[C@@H](C)C(=O)NCC(=O)N[C@@H](C)C(=O)O. The molecule has 0 radical (unpaired) electrons. The number of carboxylic acids is 1. The molecule has 0 aromatic carbocycles. The molecule has 0 saturated carbocycles. The van der Waals surface area contributed by atoms with Crippen molar-refractivity contribution in [2.75, 3.05) is 72.0 Å². The average Bonchev–Trinajstić information content (AvgIpc) is 0.965. The first-order valence-electron chi connectivity index (χ1n) is 32.0. The van der Waals surface area contributed by atoms with Crippen LogP contribution in [-0.2, 0) is 105 Å². The normalized spacial score (nSPS) is 13.7. The van der Waals surface area contributed by atoms with Crippen molar-refractivity contribution in [2.24, 2.45) is 5.73 Å². The van der Waals surface area contributed by atoms with Crippen molar-refractivity contribution < 1.29 is 111 Å². The second kappa shape index (κ2) is 48.1. The molecule has 103 heavy (non-hydrogen) atoms. The molecule has 0 unspecified atom stereocenters. The van der Waals surface area contributed by atoms with Gasteiger partial charge in [-0.05, 0) is 75.7 Å². The molecule has 11 atom stereocenters. The van der Waals surface area contributed by atoms with Crippen molar-refractivity contribution in [3.63, 3.8) is 0 Å². The highest BCUT2D eigenvalue weighted by molar-refractivity contribution is 5.99. The Bertz CT molecular complexity index is 3120. The number of nitrogens with two attached hydrogens (primary N) is 1. The van der Waals surface area contributed by atoms with Gasteiger partial charge in [0, 0.05) is 0 Å². The van der Waals surface area contributed by atoms with Crippen molar-refractivity contribution in [1.82, 2.24) is 112 Å². The van der Waals surface area contributed by atoms with Crippen LogP contribution in [0, 0.1) is 0 Å². The molecule has 0 fully saturated rings. The maximum absolute atomic E-state index is 12.6. The van der Waals surface area contributed by atoms with Crippen LogP contribution in [0.3, 0.4) is 0 Å². The maximum atomic E-state index is 12.6. The summed E-state index contributed by atoms with van der Waals surface area (Å²) in [4.78, 5) is 272. The summed E-state index contributed by atoms with van der Waals surface area (Å²) in [5.41, 5.74) is 5.30. The first-order valence-corrected chi connectivity index (χ1v) is 32.0. The number of hydrogen-bond donors (Lipinski definition) is 23. The fraction of sp³-hybridized carbons (Fsp3) is 0.621. The molecule has 0 rings (SSSR count). The number of aliphatic carboxylic acids is 1. The van der Waals surface area contributed by atoms with Crippen molar-refractivity contribution in [3.05, 3.63) is 0 Å². The monoisotopic (exact) mass is 1470 g/mol. The molecule has 0 bridgehead atoms. The van der Waals surface area contributed by atoms with Crippen molar-refractivity contribution in [3.8, 4) is 0 Å². The number of carbonyl (C=O) groups is 22. The van der Waals surface area contributed by atoms with E-state index in [1.54, 1.807) is 0 Å². The van der Waals surface area contributed by atoms with Crippen LogP contribution in [0.15, 0.2) is 0 Å². The third kappa shape index (κ3) is 40.2. The van der Waals surface area contributed by atoms with Gasteiger partial charge in [0.05, 0.1) is 72.0 Å². The van der Waals surface area contributed by atoms with Crippen LogP contribution < -0.4 is 117 Å². The fourth-order valence-electron chi connectivity index (χ4n) is 7.68. The minimum absolute atomic E-state index is 0.304. The molecule has 0 aromatic rings. The standard InChI is InChI=1S/C58H96N22O23/c1-12-13-14-36(80-37(81)15-59)57(101)69-25-46(90)78-34(10)55(99)67-23-44(88)76-32(8)53(97)65-21-42(86)74-30(6)51(95)63-19-40(84)72-28(4)49(93)61-17-38(82)70-26(2)48(92)60-16-39(83)71-27(3)50(94)62-18-41(85)73-29(5)52(96)64-20-43(87)75-31(7)54(98)66-22-45(89)77-33(9)56(100)68-24-47(91)79-35(11)58(102)103/h26-36H,12-25,59H2,1-11H3,(H,60,92)(H,61,93)(H,62,94)(H,63,95)(H,64,96)(H,65,97)(H,66,98)(H,67,99)(H,68,100)(H,69,101)(H,70,82)(H,71,83)(H,72,84)(H,73,85)(H,74,86)(H,75,87)(H,76,88)(H,77,89)(H,78,90)(H,79,91)(H,80,81)(H,102,103)/t26-,27-,28-,29-,30-,31-,32-,33-,34-,35-,36-/m0/s1. The number of amides is 21. The van der Waals surface area contributed by atoms with Gasteiger partial charge in [0.1, 0.15) is 66.5 Å². The molecule has 576 valence electrons. The molecule has 0 aliphatic heterocycles. The summed E-state index contributed by atoms with van der Waals surface area (Å²) < 4.78 is 0. The molecular weight excluding hydrogens is 1370 g/mol. The van der Waals surface area contributed by atoms with Crippen LogP contribution in [0.1, 0.15) is 95.4 Å². The van der Waals surface area contributed by atoms with Crippen LogP contribution in [0.25, 0.3) is 0 Å². The highest BCUT2D eigenvalue weighted by Gasteiger charge is 2.28. The van der Waals surface area contributed by atoms with Gasteiger partial charge in [-0.15, -0.1) is 0 Å². The summed E-state index contributed by atoms with van der Waals surface area (Å²) in [5, 5.41) is 56.5. The Balaban J connectivity index is 4.59. The third-order valence-electron chi connectivity index (χ3n) is 13.6. The van der Waals surface area contributed by atoms with Gasteiger partial charge >= 0.3 is 5.97 Å². The number of carboxylic acid groups (broad SMARTS) is 1. The Morgan fingerprint density at radius 1 is 0.243 bits per heavy atom. The van der Waals surface area contributed by atoms with Crippen LogP contribution in [0.2, 0.25) is 0 Å². The van der Waals surface area contributed by atoms with Crippen molar-refractivity contribution in [2.45, 2.75) is 162 Å². The summed E-state index contributed by atoms with van der Waals surface area (Å²) >= 11 is 0. The number of carbonyl (C=O) groups excluding carboxylic acids is 21. The van der Waals surface area contributed by atoms with E-state index >= 15 is 0 Å². The van der Waals surface area contributed by atoms with Crippen LogP contribution in [0.5, 0.6) is 0 Å². The zero-order valence-electron chi connectivity index (χ0n) is 58.8. The zero-order valence-corrected chi connectivity index (χ0v) is 58.8. The van der Waals surface area contributed by atoms with Crippen LogP contribution in [0.4, 0.5) is 0 Å². The van der Waals surface area contributed by atoms with E-state index in [2.05, 4.69) is 112 Å². The molecule has 0 saturated heterocycles. The van der Waals surface area contributed by atoms with E-state index in [-0.39, 0.29) is 6.54 Å². The lowest BCUT2D eigenvalue weighted by molar-refractivity contribution is -0.141. The van der Waals surface area contributed by atoms with Gasteiger partial charge in [-0.1, -0.05) is 19.8 Å². The Hall–Kier alpha value is -11.7. The topological polar surface area (TPSA) is 674 Å². The fourth-order valence-corrected chi connectivity index (χ4v) is 7.68. The van der Waals surface area contributed by atoms with E-state index in [1.807, 2.05) is 6.92 Å². The maximum Gasteiger partial charge on any atom is 0.325 e. The van der Waals surface area contributed by atoms with Gasteiger partial charge in [-0.3, -0.25) is 105 Å². The minimum atomic E-state index is -1.30. The highest BCUT2D eigenvalue weighted by atomic mass is 16.4. The molecule has 0 heterocycles. The lowest BCUT2D eigenvalue weighted by atomic mass is 10.1. The van der Waals surface area contributed by atoms with E-state index < -0.39 is 262 Å². The van der Waals surface area contributed by atoms with Gasteiger partial charge in [0.2, 0.25) is 124 Å². The molecule has 0 aliphatic carbocycles. The Morgan fingerprint density at radius 2 is 0.398 bits per heavy atom. The van der Waals surface area contributed by atoms with Gasteiger partial charge < -0.3 is 122 Å². The summed E-state index contributed by atoms with van der Waals surface area (Å²) in [6.07, 6.45) is 1.65. The second-order valence-electron chi connectivity index (χ2n) is 22.9. The first kappa shape index (κ1) is 91.3. The molecule has 24 N–H and O–H groups in total. The Morgan fingerprint density at radius 3 is 0.544 bits per heavy atom. The van der Waals surface area contributed by atoms with E-state index in [4.69, 9.17) is 10.8 Å². The van der Waals surface area contributed by atoms with Gasteiger partial charge in [0.15, 0.2) is 0 Å². The van der Waals surface area contributed by atoms with Crippen LogP contribution >= 0.6 is 0 Å². The molecule has 0 spiro atoms. The smallest absolute Gasteiger partial charge is 0.325 e. The average molecular weight is 1470 g/mol. The van der Waals surface area contributed by atoms with Crippen molar-refractivity contribution in [1.29, 1.82) is 0 Å². The van der Waals surface area contributed by atoms with Crippen molar-refractivity contribution >= 4 is 130 Å². The number of rotatable bonds is 46. The molecule has 0 aliphatic rings. The molecule has 21 amide bonds. The number of hydrogen-bond acceptors (Lipinski definition) is 23. The quantitative estimate of drug-likeness (QED) is 0.0269. The zero-order chi connectivity index (χ0) is 78.8. The lowest BCUT2D eigenvalue weighted by Gasteiger charge is -2.19. The first-order chi connectivity index (χ1) is 48.1. The van der Waals surface area contributed by atoms with E-state index in [0.717, 1.165) is 6.42 Å². The van der Waals surface area contributed by atoms with Crippen LogP contribution in [-0.4, -0.2) is 274 Å². The number of nitrogens with one attached hydrogen (secondary N) is 21. The predicted molar refractivity (Wildman–Crippen MR) is 354 cm³/mol. The minimum Gasteiger partial charge on any atom is -0.480 e. The highest BCUT2D eigenvalue weighted by Crippen LogP contribution is 2.01. The van der Waals surface area contributed by atoms with Gasteiger partial charge in [0.25, 0.3) is 0 Å². The third-order valence-corrected chi connectivity index (χ3v) is 13.6. The summed E-state index contributed by atoms with van der Waals surface area (Å²) in [6, 6.07) is -13.3. The van der Waals surface area contributed by atoms with E-state index in [9.17, 15) is 105 Å². The summed E-state index contributed by atoms with van der Waals surface area (Å²) in [5.74, 6) is -18.5. The summed E-state index contributed by atoms with van der Waals surface area (Å²) in [6.45, 7) is 7.61. The Kier molecular flexibility index (Phi) is 42.7. The Labute approximate surface area is 590 Å². The van der Waals surface area contributed by atoms with Gasteiger partial charge in [-0.2, -0.15) is 0 Å². The van der Waals surface area contributed by atoms with Gasteiger partial charge in [-0.25, -0.2) is 0 Å². The molecule has 0 aromatic heterocycles. The largest absolute Gasteiger partial charge is 0.480 e.